The molecule has 5 nitrogen and oxygen atoms in total. The summed E-state index contributed by atoms with van der Waals surface area (Å²) in [4.78, 5) is 10.6. The Morgan fingerprint density at radius 2 is 2.00 bits per heavy atom. The molecule has 0 aliphatic carbocycles. The molecule has 0 aromatic carbocycles. The molecule has 1 N–H and O–H groups in total. The molecule has 16 heavy (non-hydrogen) atoms. The lowest BCUT2D eigenvalue weighted by Gasteiger charge is -2.21. The first-order valence-electron chi connectivity index (χ1n) is 4.42. The number of aliphatic carboxylic acids is 1. The first-order chi connectivity index (χ1) is 7.13. The molecule has 94 valence electrons. The van der Waals surface area contributed by atoms with Crippen molar-refractivity contribution in [3.8, 4) is 0 Å². The van der Waals surface area contributed by atoms with Crippen LogP contribution in [0.1, 0.15) is 12.8 Å². The van der Waals surface area contributed by atoms with Gasteiger partial charge in [0.1, 0.15) is 6.04 Å². The third kappa shape index (κ3) is 3.08. The van der Waals surface area contributed by atoms with Crippen LogP contribution < -0.4 is 0 Å². The fourth-order valence-electron chi connectivity index (χ4n) is 1.61. The number of carboxylic acid groups (broad SMARTS) is 1. The van der Waals surface area contributed by atoms with Gasteiger partial charge in [0.25, 0.3) is 0 Å². The Bertz CT molecular complexity index is 378. The minimum atomic E-state index is -4.86. The minimum Gasteiger partial charge on any atom is -0.480 e. The SMILES string of the molecule is O=C(O)[C@@H]1CCCN1S(=O)(=O)CC(F)(F)F. The van der Waals surface area contributed by atoms with Crippen molar-refractivity contribution in [2.45, 2.75) is 25.1 Å². The monoisotopic (exact) mass is 261 g/mol. The molecule has 1 aliphatic heterocycles. The first kappa shape index (κ1) is 13.2. The van der Waals surface area contributed by atoms with E-state index in [0.29, 0.717) is 4.31 Å². The highest BCUT2D eigenvalue weighted by atomic mass is 32.2. The Labute approximate surface area is 89.9 Å². The second kappa shape index (κ2) is 4.21. The lowest BCUT2D eigenvalue weighted by molar-refractivity contribution is -0.140. The van der Waals surface area contributed by atoms with E-state index in [1.54, 1.807) is 0 Å². The third-order valence-corrected chi connectivity index (χ3v) is 4.04. The van der Waals surface area contributed by atoms with Gasteiger partial charge in [-0.1, -0.05) is 0 Å². The van der Waals surface area contributed by atoms with Crippen LogP contribution >= 0.6 is 0 Å². The molecule has 0 bridgehead atoms. The summed E-state index contributed by atoms with van der Waals surface area (Å²) < 4.78 is 59.0. The average Bonchev–Trinajstić information content (AvgIpc) is 2.45. The zero-order chi connectivity index (χ0) is 12.6. The summed E-state index contributed by atoms with van der Waals surface area (Å²) in [5.74, 6) is -3.42. The van der Waals surface area contributed by atoms with Crippen molar-refractivity contribution in [3.05, 3.63) is 0 Å². The Balaban J connectivity index is 2.87. The van der Waals surface area contributed by atoms with Gasteiger partial charge in [-0.2, -0.15) is 17.5 Å². The van der Waals surface area contributed by atoms with E-state index in [4.69, 9.17) is 5.11 Å². The van der Waals surface area contributed by atoms with Crippen LogP contribution in [0.4, 0.5) is 13.2 Å². The van der Waals surface area contributed by atoms with Gasteiger partial charge in [-0.05, 0) is 12.8 Å². The summed E-state index contributed by atoms with van der Waals surface area (Å²) in [5.41, 5.74) is 0. The van der Waals surface area contributed by atoms with E-state index >= 15 is 0 Å². The number of hydrogen-bond acceptors (Lipinski definition) is 3. The fourth-order valence-corrected chi connectivity index (χ4v) is 3.18. The second-order valence-corrected chi connectivity index (χ2v) is 5.40. The van der Waals surface area contributed by atoms with Crippen LogP contribution in [0.25, 0.3) is 0 Å². The van der Waals surface area contributed by atoms with Gasteiger partial charge in [-0.15, -0.1) is 0 Å². The maximum atomic E-state index is 12.0. The van der Waals surface area contributed by atoms with Crippen LogP contribution in [0, 0.1) is 0 Å². The smallest absolute Gasteiger partial charge is 0.404 e. The molecule has 0 saturated carbocycles. The predicted molar refractivity (Wildman–Crippen MR) is 47.2 cm³/mol. The zero-order valence-electron chi connectivity index (χ0n) is 8.07. The van der Waals surface area contributed by atoms with Crippen molar-refractivity contribution in [3.63, 3.8) is 0 Å². The molecule has 0 radical (unpaired) electrons. The van der Waals surface area contributed by atoms with E-state index in [1.807, 2.05) is 0 Å². The van der Waals surface area contributed by atoms with Gasteiger partial charge >= 0.3 is 12.1 Å². The van der Waals surface area contributed by atoms with Crippen molar-refractivity contribution >= 4 is 16.0 Å². The van der Waals surface area contributed by atoms with Gasteiger partial charge in [0.05, 0.1) is 0 Å². The molecule has 1 heterocycles. The van der Waals surface area contributed by atoms with Gasteiger partial charge in [0.2, 0.25) is 10.0 Å². The highest BCUT2D eigenvalue weighted by molar-refractivity contribution is 7.89. The third-order valence-electron chi connectivity index (χ3n) is 2.19. The topological polar surface area (TPSA) is 74.7 Å². The molecular formula is C7H10F3NO4S. The van der Waals surface area contributed by atoms with Gasteiger partial charge in [0, 0.05) is 6.54 Å². The normalized spacial score (nSPS) is 23.6. The molecule has 0 unspecified atom stereocenters. The van der Waals surface area contributed by atoms with Crippen molar-refractivity contribution in [1.82, 2.24) is 4.31 Å². The van der Waals surface area contributed by atoms with Crippen LogP contribution in [0.5, 0.6) is 0 Å². The van der Waals surface area contributed by atoms with Crippen LogP contribution in [0.3, 0.4) is 0 Å². The lowest BCUT2D eigenvalue weighted by atomic mass is 10.2. The van der Waals surface area contributed by atoms with Crippen LogP contribution in [-0.2, 0) is 14.8 Å². The second-order valence-electron chi connectivity index (χ2n) is 3.48. The number of carbonyl (C=O) groups is 1. The van der Waals surface area contributed by atoms with Crippen LogP contribution in [0.2, 0.25) is 0 Å². The fraction of sp³-hybridized carbons (Fsp3) is 0.857. The van der Waals surface area contributed by atoms with E-state index in [1.165, 1.54) is 0 Å². The van der Waals surface area contributed by atoms with Crippen molar-refractivity contribution in [2.24, 2.45) is 0 Å². The molecule has 9 heteroatoms. The maximum absolute atomic E-state index is 12.0. The highest BCUT2D eigenvalue weighted by Gasteiger charge is 2.44. The van der Waals surface area contributed by atoms with Gasteiger partial charge < -0.3 is 5.11 Å². The molecule has 1 aliphatic rings. The Kier molecular flexibility index (Phi) is 3.48. The maximum Gasteiger partial charge on any atom is 0.404 e. The molecule has 1 atom stereocenters. The highest BCUT2D eigenvalue weighted by Crippen LogP contribution is 2.26. The van der Waals surface area contributed by atoms with Crippen LogP contribution in [-0.4, -0.2) is 48.3 Å². The molecular weight excluding hydrogens is 251 g/mol. The molecule has 1 rings (SSSR count). The predicted octanol–water partition coefficient (Wildman–Crippen LogP) is 0.427. The summed E-state index contributed by atoms with van der Waals surface area (Å²) in [6.07, 6.45) is -4.55. The molecule has 0 aromatic heterocycles. The van der Waals surface area contributed by atoms with Crippen LogP contribution in [0.15, 0.2) is 0 Å². The Morgan fingerprint density at radius 1 is 1.44 bits per heavy atom. The standard InChI is InChI=1S/C7H10F3NO4S/c8-7(9,10)4-16(14,15)11-3-1-2-5(11)6(12)13/h5H,1-4H2,(H,12,13)/t5-/m0/s1. The number of halogens is 3. The van der Waals surface area contributed by atoms with Crippen molar-refractivity contribution in [2.75, 3.05) is 12.3 Å². The van der Waals surface area contributed by atoms with Crippen molar-refractivity contribution < 1.29 is 31.5 Å². The van der Waals surface area contributed by atoms with E-state index < -0.39 is 34.0 Å². The number of hydrogen-bond donors (Lipinski definition) is 1. The molecule has 0 aromatic rings. The van der Waals surface area contributed by atoms with E-state index in [-0.39, 0.29) is 19.4 Å². The number of sulfonamides is 1. The number of rotatable bonds is 3. The quantitative estimate of drug-likeness (QED) is 0.799. The summed E-state index contributed by atoms with van der Waals surface area (Å²) in [7, 11) is -4.58. The average molecular weight is 261 g/mol. The number of nitrogens with zero attached hydrogens (tertiary/aromatic N) is 1. The Morgan fingerprint density at radius 3 is 2.44 bits per heavy atom. The largest absolute Gasteiger partial charge is 0.480 e. The summed E-state index contributed by atoms with van der Waals surface area (Å²) in [6.45, 7) is -0.171. The minimum absolute atomic E-state index is 0.0480. The first-order valence-corrected chi connectivity index (χ1v) is 6.03. The van der Waals surface area contributed by atoms with E-state index in [0.717, 1.165) is 0 Å². The van der Waals surface area contributed by atoms with E-state index in [2.05, 4.69) is 0 Å². The summed E-state index contributed by atoms with van der Waals surface area (Å²) in [6, 6.07) is -1.37. The molecule has 1 fully saturated rings. The summed E-state index contributed by atoms with van der Waals surface area (Å²) >= 11 is 0. The van der Waals surface area contributed by atoms with Gasteiger partial charge in [-0.3, -0.25) is 4.79 Å². The van der Waals surface area contributed by atoms with E-state index in [9.17, 15) is 26.4 Å². The Hall–Kier alpha value is -0.830. The number of carboxylic acids is 1. The summed E-state index contributed by atoms with van der Waals surface area (Å²) in [5, 5.41) is 8.66. The van der Waals surface area contributed by atoms with Gasteiger partial charge in [-0.25, -0.2) is 8.42 Å². The zero-order valence-corrected chi connectivity index (χ0v) is 8.88. The van der Waals surface area contributed by atoms with Crippen molar-refractivity contribution in [1.29, 1.82) is 0 Å². The molecule has 0 spiro atoms. The lowest BCUT2D eigenvalue weighted by Crippen LogP contribution is -2.44. The van der Waals surface area contributed by atoms with Gasteiger partial charge in [0.15, 0.2) is 5.75 Å². The number of alkyl halides is 3. The molecule has 1 saturated heterocycles. The molecule has 0 amide bonds.